The molecule has 0 bridgehead atoms. The molecule has 3 rings (SSSR count). The number of hydrogen-bond acceptors (Lipinski definition) is 2. The highest BCUT2D eigenvalue weighted by Gasteiger charge is 2.15. The summed E-state index contributed by atoms with van der Waals surface area (Å²) in [5.41, 5.74) is 5.89. The van der Waals surface area contributed by atoms with Gasteiger partial charge >= 0.3 is 0 Å². The molecule has 3 nitrogen and oxygen atoms in total. The fraction of sp³-hybridized carbons (Fsp3) is 0.286. The molecule has 0 saturated heterocycles. The van der Waals surface area contributed by atoms with Gasteiger partial charge in [0, 0.05) is 16.5 Å². The molecule has 0 aliphatic carbocycles. The third-order valence-corrected chi connectivity index (χ3v) is 4.85. The number of aromatic amines is 1. The van der Waals surface area contributed by atoms with Gasteiger partial charge < -0.3 is 9.72 Å². The predicted octanol–water partition coefficient (Wildman–Crippen LogP) is 5.48. The van der Waals surface area contributed by atoms with Crippen molar-refractivity contribution < 1.29 is 9.53 Å². The number of benzene rings is 2. The molecule has 3 aromatic rings. The monoisotopic (exact) mass is 321 g/mol. The van der Waals surface area contributed by atoms with Gasteiger partial charge in [-0.25, -0.2) is 0 Å². The van der Waals surface area contributed by atoms with E-state index in [-0.39, 0.29) is 0 Å². The number of aromatic nitrogens is 1. The quantitative estimate of drug-likeness (QED) is 0.632. The van der Waals surface area contributed by atoms with Gasteiger partial charge in [0.25, 0.3) is 0 Å². The minimum absolute atomic E-state index is 0.482. The standard InChI is InChI=1S/C21H23NO2/c1-5-13(2)15-6-8-19-17(11-15)18(12-23)21(22-19)16-7-9-20(24-4)14(3)10-16/h6-13,22H,5H2,1-4H3. The number of aldehydes is 1. The molecular weight excluding hydrogens is 298 g/mol. The van der Waals surface area contributed by atoms with Gasteiger partial charge in [-0.05, 0) is 66.3 Å². The van der Waals surface area contributed by atoms with Crippen molar-refractivity contribution in [1.82, 2.24) is 4.98 Å². The van der Waals surface area contributed by atoms with E-state index < -0.39 is 0 Å². The Kier molecular flexibility index (Phi) is 4.43. The van der Waals surface area contributed by atoms with E-state index in [0.29, 0.717) is 5.92 Å². The summed E-state index contributed by atoms with van der Waals surface area (Å²) >= 11 is 0. The summed E-state index contributed by atoms with van der Waals surface area (Å²) in [5.74, 6) is 1.33. The number of carbonyl (C=O) groups is 1. The summed E-state index contributed by atoms with van der Waals surface area (Å²) in [7, 11) is 1.66. The fourth-order valence-corrected chi connectivity index (χ4v) is 3.16. The molecule has 24 heavy (non-hydrogen) atoms. The van der Waals surface area contributed by atoms with Gasteiger partial charge in [-0.1, -0.05) is 19.9 Å². The Balaban J connectivity index is 2.18. The average molecular weight is 321 g/mol. The van der Waals surface area contributed by atoms with Crippen LogP contribution in [-0.4, -0.2) is 18.4 Å². The van der Waals surface area contributed by atoms with Crippen LogP contribution in [0.25, 0.3) is 22.2 Å². The normalized spacial score (nSPS) is 12.3. The number of aryl methyl sites for hydroxylation is 1. The van der Waals surface area contributed by atoms with E-state index in [2.05, 4.69) is 37.0 Å². The number of fused-ring (bicyclic) bond motifs is 1. The zero-order valence-corrected chi connectivity index (χ0v) is 14.6. The summed E-state index contributed by atoms with van der Waals surface area (Å²) in [6.45, 7) is 6.40. The van der Waals surface area contributed by atoms with Crippen molar-refractivity contribution in [3.05, 3.63) is 53.1 Å². The third kappa shape index (κ3) is 2.71. The number of methoxy groups -OCH3 is 1. The van der Waals surface area contributed by atoms with Crippen LogP contribution in [0.1, 0.15) is 47.7 Å². The fourth-order valence-electron chi connectivity index (χ4n) is 3.16. The van der Waals surface area contributed by atoms with Gasteiger partial charge in [0.05, 0.1) is 12.8 Å². The number of carbonyl (C=O) groups excluding carboxylic acids is 1. The van der Waals surface area contributed by atoms with Crippen LogP contribution >= 0.6 is 0 Å². The van der Waals surface area contributed by atoms with Gasteiger partial charge in [-0.3, -0.25) is 4.79 Å². The zero-order valence-electron chi connectivity index (χ0n) is 14.6. The second-order valence-electron chi connectivity index (χ2n) is 6.33. The Hall–Kier alpha value is -2.55. The van der Waals surface area contributed by atoms with E-state index in [0.717, 1.165) is 51.7 Å². The molecule has 0 saturated carbocycles. The second-order valence-corrected chi connectivity index (χ2v) is 6.33. The van der Waals surface area contributed by atoms with Crippen LogP contribution in [-0.2, 0) is 0 Å². The lowest BCUT2D eigenvalue weighted by Gasteiger charge is -2.08. The van der Waals surface area contributed by atoms with Crippen molar-refractivity contribution in [2.45, 2.75) is 33.1 Å². The molecule has 0 amide bonds. The number of nitrogens with one attached hydrogen (secondary N) is 1. The second kappa shape index (κ2) is 6.52. The molecule has 1 atom stereocenters. The van der Waals surface area contributed by atoms with Crippen molar-refractivity contribution in [3.8, 4) is 17.0 Å². The van der Waals surface area contributed by atoms with Gasteiger partial charge in [-0.15, -0.1) is 0 Å². The van der Waals surface area contributed by atoms with Gasteiger partial charge in [0.2, 0.25) is 0 Å². The minimum Gasteiger partial charge on any atom is -0.496 e. The number of hydrogen-bond donors (Lipinski definition) is 1. The van der Waals surface area contributed by atoms with Crippen LogP contribution in [0, 0.1) is 6.92 Å². The van der Waals surface area contributed by atoms with Gasteiger partial charge in [0.1, 0.15) is 5.75 Å². The molecule has 1 aromatic heterocycles. The minimum atomic E-state index is 0.482. The van der Waals surface area contributed by atoms with Crippen molar-refractivity contribution in [2.24, 2.45) is 0 Å². The lowest BCUT2D eigenvalue weighted by molar-refractivity contribution is 0.112. The van der Waals surface area contributed by atoms with E-state index >= 15 is 0 Å². The average Bonchev–Trinajstić information content (AvgIpc) is 2.98. The molecule has 1 unspecified atom stereocenters. The highest BCUT2D eigenvalue weighted by atomic mass is 16.5. The predicted molar refractivity (Wildman–Crippen MR) is 99.1 cm³/mol. The summed E-state index contributed by atoms with van der Waals surface area (Å²) < 4.78 is 5.33. The smallest absolute Gasteiger partial charge is 0.152 e. The highest BCUT2D eigenvalue weighted by molar-refractivity contribution is 6.04. The first kappa shape index (κ1) is 16.3. The van der Waals surface area contributed by atoms with Crippen molar-refractivity contribution in [1.29, 1.82) is 0 Å². The molecule has 3 heteroatoms. The molecule has 1 N–H and O–H groups in total. The van der Waals surface area contributed by atoms with E-state index in [1.165, 1.54) is 5.56 Å². The van der Waals surface area contributed by atoms with Crippen LogP contribution in [0.4, 0.5) is 0 Å². The molecule has 0 radical (unpaired) electrons. The topological polar surface area (TPSA) is 42.1 Å². The van der Waals surface area contributed by atoms with Crippen molar-refractivity contribution >= 4 is 17.2 Å². The Bertz CT molecular complexity index is 892. The number of ether oxygens (including phenoxy) is 1. The zero-order chi connectivity index (χ0) is 17.3. The van der Waals surface area contributed by atoms with E-state index in [1.807, 2.05) is 25.1 Å². The van der Waals surface area contributed by atoms with Gasteiger partial charge in [-0.2, -0.15) is 0 Å². The maximum atomic E-state index is 11.8. The Labute approximate surface area is 142 Å². The molecule has 0 fully saturated rings. The van der Waals surface area contributed by atoms with Crippen molar-refractivity contribution in [3.63, 3.8) is 0 Å². The first-order valence-electron chi connectivity index (χ1n) is 8.34. The van der Waals surface area contributed by atoms with Crippen LogP contribution in [0.3, 0.4) is 0 Å². The van der Waals surface area contributed by atoms with E-state index in [4.69, 9.17) is 4.74 Å². The Morgan fingerprint density at radius 1 is 1.21 bits per heavy atom. The third-order valence-electron chi connectivity index (χ3n) is 4.85. The molecule has 0 spiro atoms. The molecule has 0 aliphatic heterocycles. The molecule has 124 valence electrons. The van der Waals surface area contributed by atoms with Crippen LogP contribution < -0.4 is 4.74 Å². The molecule has 1 heterocycles. The van der Waals surface area contributed by atoms with Crippen LogP contribution in [0.2, 0.25) is 0 Å². The largest absolute Gasteiger partial charge is 0.496 e. The Morgan fingerprint density at radius 3 is 2.62 bits per heavy atom. The lowest BCUT2D eigenvalue weighted by atomic mass is 9.96. The lowest BCUT2D eigenvalue weighted by Crippen LogP contribution is -1.91. The molecule has 0 aliphatic rings. The van der Waals surface area contributed by atoms with Crippen molar-refractivity contribution in [2.75, 3.05) is 7.11 Å². The number of H-pyrrole nitrogens is 1. The van der Waals surface area contributed by atoms with Crippen LogP contribution in [0.15, 0.2) is 36.4 Å². The molecular formula is C21H23NO2. The van der Waals surface area contributed by atoms with Gasteiger partial charge in [0.15, 0.2) is 6.29 Å². The van der Waals surface area contributed by atoms with E-state index in [9.17, 15) is 4.79 Å². The number of rotatable bonds is 5. The first-order chi connectivity index (χ1) is 11.6. The van der Waals surface area contributed by atoms with Crippen LogP contribution in [0.5, 0.6) is 5.75 Å². The SMILES string of the molecule is CCC(C)c1ccc2[nH]c(-c3ccc(OC)c(C)c3)c(C=O)c2c1. The summed E-state index contributed by atoms with van der Waals surface area (Å²) in [6.07, 6.45) is 2.03. The summed E-state index contributed by atoms with van der Waals surface area (Å²) in [4.78, 5) is 15.2. The highest BCUT2D eigenvalue weighted by Crippen LogP contribution is 2.33. The summed E-state index contributed by atoms with van der Waals surface area (Å²) in [5, 5.41) is 0.992. The molecule has 2 aromatic carbocycles. The van der Waals surface area contributed by atoms with E-state index in [1.54, 1.807) is 7.11 Å². The maximum absolute atomic E-state index is 11.8. The Morgan fingerprint density at radius 2 is 2.00 bits per heavy atom. The summed E-state index contributed by atoms with van der Waals surface area (Å²) in [6, 6.07) is 12.3. The first-order valence-corrected chi connectivity index (χ1v) is 8.34. The maximum Gasteiger partial charge on any atom is 0.152 e.